The highest BCUT2D eigenvalue weighted by Gasteiger charge is 2.28. The van der Waals surface area contributed by atoms with Crippen LogP contribution in [0.5, 0.6) is 0 Å². The van der Waals surface area contributed by atoms with E-state index in [0.717, 1.165) is 16.7 Å². The molecule has 2 aromatic rings. The van der Waals surface area contributed by atoms with Gasteiger partial charge < -0.3 is 10.6 Å². The van der Waals surface area contributed by atoms with Crippen molar-refractivity contribution in [2.24, 2.45) is 5.73 Å². The highest BCUT2D eigenvalue weighted by molar-refractivity contribution is 6.30. The summed E-state index contributed by atoms with van der Waals surface area (Å²) >= 11 is 5.92. The normalized spacial score (nSPS) is 14.5. The third-order valence-corrected chi connectivity index (χ3v) is 4.21. The second kappa shape index (κ2) is 7.14. The Bertz CT molecular complexity index is 658. The minimum Gasteiger partial charge on any atom is -0.334 e. The smallest absolute Gasteiger partial charge is 0.254 e. The van der Waals surface area contributed by atoms with Crippen LogP contribution in [0.1, 0.15) is 27.4 Å². The highest BCUT2D eigenvalue weighted by atomic mass is 35.5. The molecule has 1 aliphatic rings. The number of rotatable bonds is 4. The van der Waals surface area contributed by atoms with Gasteiger partial charge in [-0.15, -0.1) is 12.4 Å². The monoisotopic (exact) mass is 336 g/mol. The Morgan fingerprint density at radius 2 is 1.82 bits per heavy atom. The highest BCUT2D eigenvalue weighted by Crippen LogP contribution is 2.26. The van der Waals surface area contributed by atoms with Crippen molar-refractivity contribution < 1.29 is 4.79 Å². The van der Waals surface area contributed by atoms with Crippen LogP contribution in [0.15, 0.2) is 48.5 Å². The Morgan fingerprint density at radius 3 is 2.45 bits per heavy atom. The molecule has 5 heteroatoms. The summed E-state index contributed by atoms with van der Waals surface area (Å²) in [7, 11) is 0. The largest absolute Gasteiger partial charge is 0.334 e. The second-order valence-electron chi connectivity index (χ2n) is 5.33. The number of nitrogens with two attached hydrogens (primary N) is 1. The molecule has 3 rings (SSSR count). The quantitative estimate of drug-likeness (QED) is 0.929. The Labute approximate surface area is 141 Å². The lowest BCUT2D eigenvalue weighted by Crippen LogP contribution is -2.32. The molecule has 0 saturated carbocycles. The number of nitrogens with zero attached hydrogens (tertiary/aromatic N) is 1. The van der Waals surface area contributed by atoms with Crippen molar-refractivity contribution in [3.63, 3.8) is 0 Å². The predicted molar refractivity (Wildman–Crippen MR) is 91.7 cm³/mol. The van der Waals surface area contributed by atoms with Crippen LogP contribution in [0, 0.1) is 0 Å². The first kappa shape index (κ1) is 16.8. The summed E-state index contributed by atoms with van der Waals surface area (Å²) < 4.78 is 0. The van der Waals surface area contributed by atoms with Crippen LogP contribution in [-0.2, 0) is 6.54 Å². The molecule has 0 saturated heterocycles. The molecule has 3 nitrogen and oxygen atoms in total. The minimum atomic E-state index is 0. The Kier molecular flexibility index (Phi) is 5.46. The molecule has 1 atom stereocenters. The lowest BCUT2D eigenvalue weighted by molar-refractivity contribution is 0.0769. The summed E-state index contributed by atoms with van der Waals surface area (Å²) in [6.45, 7) is 1.80. The minimum absolute atomic E-state index is 0. The summed E-state index contributed by atoms with van der Waals surface area (Å²) in [5.41, 5.74) is 8.92. The van der Waals surface area contributed by atoms with Crippen LogP contribution >= 0.6 is 24.0 Å². The number of hydrogen-bond donors (Lipinski definition) is 1. The van der Waals surface area contributed by atoms with Gasteiger partial charge in [0.05, 0.1) is 0 Å². The first-order valence-electron chi connectivity index (χ1n) is 7.01. The van der Waals surface area contributed by atoms with Crippen molar-refractivity contribution in [1.82, 2.24) is 4.90 Å². The van der Waals surface area contributed by atoms with E-state index in [4.69, 9.17) is 17.3 Å². The van der Waals surface area contributed by atoms with Gasteiger partial charge in [-0.3, -0.25) is 4.79 Å². The van der Waals surface area contributed by atoms with Gasteiger partial charge in [0.2, 0.25) is 0 Å². The van der Waals surface area contributed by atoms with Crippen molar-refractivity contribution in [2.75, 3.05) is 13.1 Å². The second-order valence-corrected chi connectivity index (χ2v) is 5.76. The number of fused-ring (bicyclic) bond motifs is 1. The molecule has 2 aromatic carbocycles. The van der Waals surface area contributed by atoms with Crippen LogP contribution in [-0.4, -0.2) is 23.9 Å². The van der Waals surface area contributed by atoms with Crippen molar-refractivity contribution in [3.8, 4) is 0 Å². The molecule has 2 N–H and O–H groups in total. The summed E-state index contributed by atoms with van der Waals surface area (Å²) in [5.74, 6) is 0.221. The standard InChI is InChI=1S/C17H17ClN2O.ClH/c18-15-7-5-12(6-8-15)14(9-19)11-20-10-13-3-1-2-4-16(13)17(20)21;/h1-8,14H,9-11,19H2;1H. The molecule has 0 bridgehead atoms. The van der Waals surface area contributed by atoms with E-state index < -0.39 is 0 Å². The van der Waals surface area contributed by atoms with Crippen molar-refractivity contribution >= 4 is 29.9 Å². The Morgan fingerprint density at radius 1 is 1.14 bits per heavy atom. The van der Waals surface area contributed by atoms with Crippen LogP contribution < -0.4 is 5.73 Å². The number of carbonyl (C=O) groups is 1. The molecule has 116 valence electrons. The fourth-order valence-corrected chi connectivity index (χ4v) is 2.91. The van der Waals surface area contributed by atoms with Crippen LogP contribution in [0.2, 0.25) is 5.02 Å². The van der Waals surface area contributed by atoms with Gasteiger partial charge in [-0.2, -0.15) is 0 Å². The third kappa shape index (κ3) is 3.27. The van der Waals surface area contributed by atoms with Gasteiger partial charge in [0.1, 0.15) is 0 Å². The van der Waals surface area contributed by atoms with E-state index in [1.807, 2.05) is 53.4 Å². The topological polar surface area (TPSA) is 46.3 Å². The maximum atomic E-state index is 12.4. The SMILES string of the molecule is Cl.NCC(CN1Cc2ccccc2C1=O)c1ccc(Cl)cc1. The molecule has 0 radical (unpaired) electrons. The number of amides is 1. The molecule has 1 amide bonds. The van der Waals surface area contributed by atoms with E-state index in [0.29, 0.717) is 24.7 Å². The van der Waals surface area contributed by atoms with Gasteiger partial charge in [-0.05, 0) is 29.3 Å². The molecule has 22 heavy (non-hydrogen) atoms. The number of carbonyl (C=O) groups excluding carboxylic acids is 1. The molecular weight excluding hydrogens is 319 g/mol. The van der Waals surface area contributed by atoms with Crippen molar-refractivity contribution in [3.05, 3.63) is 70.2 Å². The maximum Gasteiger partial charge on any atom is 0.254 e. The molecule has 0 fully saturated rings. The molecule has 0 aliphatic carbocycles. The zero-order chi connectivity index (χ0) is 14.8. The molecule has 1 unspecified atom stereocenters. The van der Waals surface area contributed by atoms with Crippen LogP contribution in [0.3, 0.4) is 0 Å². The first-order valence-corrected chi connectivity index (χ1v) is 7.39. The third-order valence-electron chi connectivity index (χ3n) is 3.96. The number of benzene rings is 2. The van der Waals surface area contributed by atoms with E-state index >= 15 is 0 Å². The van der Waals surface area contributed by atoms with E-state index in [9.17, 15) is 4.79 Å². The van der Waals surface area contributed by atoms with Crippen LogP contribution in [0.4, 0.5) is 0 Å². The van der Waals surface area contributed by atoms with Crippen molar-refractivity contribution in [1.29, 1.82) is 0 Å². The number of halogens is 2. The first-order chi connectivity index (χ1) is 10.2. The summed E-state index contributed by atoms with van der Waals surface area (Å²) in [6.07, 6.45) is 0. The summed E-state index contributed by atoms with van der Waals surface area (Å²) in [4.78, 5) is 14.3. The fraction of sp³-hybridized carbons (Fsp3) is 0.235. The lowest BCUT2D eigenvalue weighted by Gasteiger charge is -2.23. The van der Waals surface area contributed by atoms with E-state index in [1.165, 1.54) is 0 Å². The molecular formula is C17H18Cl2N2O. The van der Waals surface area contributed by atoms with E-state index in [1.54, 1.807) is 0 Å². The zero-order valence-corrected chi connectivity index (χ0v) is 13.6. The van der Waals surface area contributed by atoms with Gasteiger partial charge in [-0.1, -0.05) is 41.9 Å². The maximum absolute atomic E-state index is 12.4. The van der Waals surface area contributed by atoms with E-state index in [2.05, 4.69) is 0 Å². The fourth-order valence-electron chi connectivity index (χ4n) is 2.78. The average molecular weight is 337 g/mol. The predicted octanol–water partition coefficient (Wildman–Crippen LogP) is 3.46. The van der Waals surface area contributed by atoms with Gasteiger partial charge in [0.25, 0.3) is 5.91 Å². The Hall–Kier alpha value is -1.55. The van der Waals surface area contributed by atoms with Gasteiger partial charge >= 0.3 is 0 Å². The zero-order valence-electron chi connectivity index (χ0n) is 12.0. The summed E-state index contributed by atoms with van der Waals surface area (Å²) in [5, 5.41) is 0.708. The van der Waals surface area contributed by atoms with E-state index in [-0.39, 0.29) is 24.2 Å². The summed E-state index contributed by atoms with van der Waals surface area (Å²) in [6, 6.07) is 15.4. The molecule has 1 aliphatic heterocycles. The molecule has 0 aromatic heterocycles. The molecule has 1 heterocycles. The lowest BCUT2D eigenvalue weighted by atomic mass is 9.99. The van der Waals surface area contributed by atoms with Crippen molar-refractivity contribution in [2.45, 2.75) is 12.5 Å². The average Bonchev–Trinajstić information content (AvgIpc) is 2.83. The van der Waals surface area contributed by atoms with Crippen LogP contribution in [0.25, 0.3) is 0 Å². The number of hydrogen-bond acceptors (Lipinski definition) is 2. The Balaban J connectivity index is 0.00000176. The van der Waals surface area contributed by atoms with Gasteiger partial charge in [0.15, 0.2) is 0 Å². The van der Waals surface area contributed by atoms with Gasteiger partial charge in [-0.25, -0.2) is 0 Å². The van der Waals surface area contributed by atoms with Gasteiger partial charge in [0, 0.05) is 36.1 Å². The molecule has 0 spiro atoms.